The highest BCUT2D eigenvalue weighted by atomic mass is 16.3. The van der Waals surface area contributed by atoms with Crippen LogP contribution in [0, 0.1) is 0 Å². The average molecular weight is 477 g/mol. The lowest BCUT2D eigenvalue weighted by Gasteiger charge is -2.41. The van der Waals surface area contributed by atoms with E-state index in [9.17, 15) is 5.11 Å². The van der Waals surface area contributed by atoms with E-state index in [4.69, 9.17) is 20.8 Å². The molecule has 186 valence electrons. The van der Waals surface area contributed by atoms with Gasteiger partial charge < -0.3 is 21.1 Å². The van der Waals surface area contributed by atoms with Crippen molar-refractivity contribution < 1.29 is 5.11 Å². The minimum atomic E-state index is -0.243. The lowest BCUT2D eigenvalue weighted by Crippen LogP contribution is -2.45. The molecule has 3 aliphatic rings. The molecule has 2 atom stereocenters. The molecule has 35 heavy (non-hydrogen) atoms. The van der Waals surface area contributed by atoms with Gasteiger partial charge in [0.15, 0.2) is 5.82 Å². The van der Waals surface area contributed by atoms with Crippen LogP contribution in [0.25, 0.3) is 22.2 Å². The molecule has 0 radical (unpaired) electrons. The Labute approximate surface area is 206 Å². The first kappa shape index (κ1) is 22.7. The van der Waals surface area contributed by atoms with Crippen molar-refractivity contribution in [3.63, 3.8) is 0 Å². The molecule has 0 aromatic carbocycles. The van der Waals surface area contributed by atoms with Gasteiger partial charge >= 0.3 is 0 Å². The van der Waals surface area contributed by atoms with E-state index in [2.05, 4.69) is 33.0 Å². The van der Waals surface area contributed by atoms with Gasteiger partial charge in [-0.15, -0.1) is 0 Å². The molecule has 1 saturated heterocycles. The number of aliphatic hydroxyl groups excluding tert-OH is 1. The summed E-state index contributed by atoms with van der Waals surface area (Å²) >= 11 is 0. The van der Waals surface area contributed by atoms with Crippen molar-refractivity contribution in [1.82, 2.24) is 29.6 Å². The van der Waals surface area contributed by atoms with Crippen LogP contribution in [-0.2, 0) is 6.42 Å². The van der Waals surface area contributed by atoms with Crippen LogP contribution in [0.2, 0.25) is 0 Å². The van der Waals surface area contributed by atoms with Crippen molar-refractivity contribution >= 4 is 22.7 Å². The fourth-order valence-corrected chi connectivity index (χ4v) is 5.89. The van der Waals surface area contributed by atoms with Gasteiger partial charge in [0.05, 0.1) is 24.0 Å². The number of nitrogens with zero attached hydrogens (tertiary/aromatic N) is 6. The summed E-state index contributed by atoms with van der Waals surface area (Å²) in [6.07, 6.45) is 15.2. The van der Waals surface area contributed by atoms with Crippen molar-refractivity contribution in [2.24, 2.45) is 0 Å². The molecule has 0 bridgehead atoms. The Bertz CT molecular complexity index is 1200. The van der Waals surface area contributed by atoms with Gasteiger partial charge in [0.2, 0.25) is 0 Å². The summed E-state index contributed by atoms with van der Waals surface area (Å²) < 4.78 is 2.13. The predicted molar refractivity (Wildman–Crippen MR) is 137 cm³/mol. The number of piperidine rings is 1. The van der Waals surface area contributed by atoms with Crippen LogP contribution in [0.3, 0.4) is 0 Å². The maximum absolute atomic E-state index is 9.96. The van der Waals surface area contributed by atoms with Crippen LogP contribution in [0.4, 0.5) is 11.6 Å². The normalized spacial score (nSPS) is 24.2. The molecule has 0 spiro atoms. The van der Waals surface area contributed by atoms with Gasteiger partial charge in [0, 0.05) is 48.7 Å². The van der Waals surface area contributed by atoms with Crippen LogP contribution in [0.15, 0.2) is 18.6 Å². The van der Waals surface area contributed by atoms with E-state index in [0.717, 1.165) is 85.8 Å². The van der Waals surface area contributed by atoms with Crippen LogP contribution in [0.5, 0.6) is 0 Å². The number of likely N-dealkylation sites (tertiary alicyclic amines) is 1. The van der Waals surface area contributed by atoms with Gasteiger partial charge in [-0.2, -0.15) is 5.10 Å². The van der Waals surface area contributed by atoms with E-state index < -0.39 is 0 Å². The van der Waals surface area contributed by atoms with Gasteiger partial charge in [-0.25, -0.2) is 15.0 Å². The number of nitrogens with one attached hydrogen (secondary N) is 1. The summed E-state index contributed by atoms with van der Waals surface area (Å²) in [6, 6.07) is 1.45. The first-order chi connectivity index (χ1) is 17.1. The zero-order valence-electron chi connectivity index (χ0n) is 20.5. The van der Waals surface area contributed by atoms with Crippen LogP contribution in [0.1, 0.15) is 70.0 Å². The third-order valence-electron chi connectivity index (χ3n) is 8.26. The second-order valence-electron chi connectivity index (χ2n) is 10.5. The van der Waals surface area contributed by atoms with E-state index in [1.807, 2.05) is 6.20 Å². The highest BCUT2D eigenvalue weighted by molar-refractivity contribution is 5.96. The summed E-state index contributed by atoms with van der Waals surface area (Å²) in [7, 11) is 0. The number of nitrogens with two attached hydrogens (primary N) is 1. The number of pyridine rings is 1. The monoisotopic (exact) mass is 476 g/mol. The van der Waals surface area contributed by atoms with Crippen molar-refractivity contribution in [3.05, 3.63) is 24.3 Å². The van der Waals surface area contributed by atoms with Gasteiger partial charge in [-0.1, -0.05) is 13.3 Å². The van der Waals surface area contributed by atoms with E-state index >= 15 is 0 Å². The third kappa shape index (κ3) is 4.36. The number of rotatable bonds is 6. The number of aromatic nitrogens is 5. The maximum atomic E-state index is 9.96. The molecule has 6 rings (SSSR count). The number of fused-ring (bicyclic) bond motifs is 1. The Morgan fingerprint density at radius 3 is 2.54 bits per heavy atom. The van der Waals surface area contributed by atoms with Gasteiger partial charge in [-0.3, -0.25) is 4.68 Å². The standard InChI is InChI=1S/C26H36N8O/c1-2-22-26(30-17-6-7-20(35)12-17)32-23-21(14-28-25(27)24(23)31-22)16-13-29-34(15-16)19-8-10-33(11-9-19)18-4-3-5-18/h13-15,17-20,35H,2-12H2,1H3,(H2,27,28)(H,30,32)/t17-,20+/m1/s1. The largest absolute Gasteiger partial charge is 0.393 e. The maximum Gasteiger partial charge on any atom is 0.151 e. The van der Waals surface area contributed by atoms with Crippen molar-refractivity contribution in [1.29, 1.82) is 0 Å². The zero-order chi connectivity index (χ0) is 23.9. The molecule has 1 aliphatic heterocycles. The topological polar surface area (TPSA) is 118 Å². The fourth-order valence-electron chi connectivity index (χ4n) is 5.89. The molecule has 3 fully saturated rings. The Balaban J connectivity index is 1.28. The first-order valence-electron chi connectivity index (χ1n) is 13.3. The number of aryl methyl sites for hydroxylation is 1. The minimum Gasteiger partial charge on any atom is -0.393 e. The third-order valence-corrected chi connectivity index (χ3v) is 8.26. The zero-order valence-corrected chi connectivity index (χ0v) is 20.5. The molecule has 2 aliphatic carbocycles. The van der Waals surface area contributed by atoms with Gasteiger partial charge in [0.25, 0.3) is 0 Å². The predicted octanol–water partition coefficient (Wildman–Crippen LogP) is 3.55. The smallest absolute Gasteiger partial charge is 0.151 e. The number of nitrogen functional groups attached to an aromatic ring is 1. The Morgan fingerprint density at radius 2 is 1.86 bits per heavy atom. The first-order valence-corrected chi connectivity index (χ1v) is 13.3. The number of hydrogen-bond donors (Lipinski definition) is 3. The fraction of sp³-hybridized carbons (Fsp3) is 0.615. The molecule has 0 unspecified atom stereocenters. The molecule has 4 N–H and O–H groups in total. The molecule has 9 heteroatoms. The van der Waals surface area contributed by atoms with Gasteiger partial charge in [-0.05, 0) is 51.4 Å². The Hall–Kier alpha value is -2.78. The summed E-state index contributed by atoms with van der Waals surface area (Å²) in [5, 5.41) is 18.2. The van der Waals surface area contributed by atoms with Crippen LogP contribution in [-0.4, -0.2) is 66.0 Å². The van der Waals surface area contributed by atoms with E-state index in [0.29, 0.717) is 17.4 Å². The Morgan fingerprint density at radius 1 is 1.03 bits per heavy atom. The van der Waals surface area contributed by atoms with Crippen LogP contribution >= 0.6 is 0 Å². The highest BCUT2D eigenvalue weighted by Crippen LogP contribution is 2.34. The average Bonchev–Trinajstić information content (AvgIpc) is 3.48. The van der Waals surface area contributed by atoms with Crippen molar-refractivity contribution in [2.75, 3.05) is 24.1 Å². The molecule has 3 aromatic rings. The molecule has 9 nitrogen and oxygen atoms in total. The quantitative estimate of drug-likeness (QED) is 0.494. The number of aliphatic hydroxyl groups is 1. The Kier molecular flexibility index (Phi) is 6.06. The molecular weight excluding hydrogens is 440 g/mol. The lowest BCUT2D eigenvalue weighted by molar-refractivity contribution is 0.0842. The molecular formula is C26H36N8O. The van der Waals surface area contributed by atoms with E-state index in [1.54, 1.807) is 6.20 Å². The SMILES string of the molecule is CCc1nc2c(N)ncc(-c3cnn(C4CCN(C5CCC5)CC4)c3)c2nc1N[C@@H]1CC[C@H](O)C1. The van der Waals surface area contributed by atoms with E-state index in [-0.39, 0.29) is 12.1 Å². The second-order valence-corrected chi connectivity index (χ2v) is 10.5. The summed E-state index contributed by atoms with van der Waals surface area (Å²) in [6.45, 7) is 4.39. The van der Waals surface area contributed by atoms with Crippen molar-refractivity contribution in [3.8, 4) is 11.1 Å². The lowest BCUT2D eigenvalue weighted by atomic mass is 9.89. The van der Waals surface area contributed by atoms with E-state index in [1.165, 1.54) is 19.3 Å². The number of hydrogen-bond acceptors (Lipinski definition) is 8. The highest BCUT2D eigenvalue weighted by Gasteiger charge is 2.30. The van der Waals surface area contributed by atoms with Gasteiger partial charge in [0.1, 0.15) is 16.9 Å². The molecule has 4 heterocycles. The summed E-state index contributed by atoms with van der Waals surface area (Å²) in [5.41, 5.74) is 10.4. The summed E-state index contributed by atoms with van der Waals surface area (Å²) in [5.74, 6) is 1.17. The minimum absolute atomic E-state index is 0.207. The molecule has 2 saturated carbocycles. The second kappa shape index (κ2) is 9.35. The number of anilines is 2. The summed E-state index contributed by atoms with van der Waals surface area (Å²) in [4.78, 5) is 17.0. The van der Waals surface area contributed by atoms with Crippen molar-refractivity contribution in [2.45, 2.75) is 88.9 Å². The molecule has 3 aromatic heterocycles. The molecule has 0 amide bonds. The van der Waals surface area contributed by atoms with Crippen LogP contribution < -0.4 is 11.1 Å².